The average Bonchev–Trinajstić information content (AvgIpc) is 2.79. The maximum atomic E-state index is 11.1. The average molecular weight is 267 g/mol. The van der Waals surface area contributed by atoms with Crippen LogP contribution in [0.15, 0.2) is 41.1 Å². The van der Waals surface area contributed by atoms with E-state index in [0.717, 1.165) is 16.7 Å². The van der Waals surface area contributed by atoms with Crippen LogP contribution < -0.4 is 4.72 Å². The van der Waals surface area contributed by atoms with Gasteiger partial charge < -0.3 is 0 Å². The second-order valence-electron chi connectivity index (χ2n) is 3.76. The Morgan fingerprint density at radius 3 is 2.65 bits per heavy atom. The molecule has 0 unspecified atom stereocenters. The molecule has 0 spiro atoms. The molecule has 0 saturated heterocycles. The van der Waals surface area contributed by atoms with Crippen LogP contribution in [0, 0.1) is 0 Å². The second kappa shape index (κ2) is 5.00. The lowest BCUT2D eigenvalue weighted by atomic mass is 10.0. The third-order valence-electron chi connectivity index (χ3n) is 2.37. The van der Waals surface area contributed by atoms with E-state index < -0.39 is 10.0 Å². The molecular weight excluding hydrogens is 254 g/mol. The van der Waals surface area contributed by atoms with E-state index in [1.165, 1.54) is 6.26 Å². The highest BCUT2D eigenvalue weighted by atomic mass is 32.2. The van der Waals surface area contributed by atoms with Crippen LogP contribution in [-0.4, -0.2) is 14.7 Å². The van der Waals surface area contributed by atoms with Gasteiger partial charge in [0.1, 0.15) is 0 Å². The van der Waals surface area contributed by atoms with Crippen LogP contribution in [0.4, 0.5) is 0 Å². The van der Waals surface area contributed by atoms with E-state index in [-0.39, 0.29) is 0 Å². The second-order valence-corrected chi connectivity index (χ2v) is 6.38. The number of thiophene rings is 1. The van der Waals surface area contributed by atoms with Gasteiger partial charge in [0.25, 0.3) is 0 Å². The van der Waals surface area contributed by atoms with Crippen molar-refractivity contribution in [3.8, 4) is 11.1 Å². The molecule has 3 nitrogen and oxygen atoms in total. The molecule has 0 amide bonds. The Labute approximate surface area is 105 Å². The number of hydrogen-bond donors (Lipinski definition) is 1. The van der Waals surface area contributed by atoms with Crippen molar-refractivity contribution in [1.82, 2.24) is 4.72 Å². The largest absolute Gasteiger partial charge is 0.213 e. The SMILES string of the molecule is CS(=O)(=O)NCc1ccccc1-c1ccsc1. The number of hydrogen-bond acceptors (Lipinski definition) is 3. The fourth-order valence-electron chi connectivity index (χ4n) is 1.58. The van der Waals surface area contributed by atoms with Gasteiger partial charge in [-0.15, -0.1) is 0 Å². The number of rotatable bonds is 4. The molecule has 0 aliphatic carbocycles. The normalized spacial score (nSPS) is 11.6. The van der Waals surface area contributed by atoms with Gasteiger partial charge in [-0.1, -0.05) is 24.3 Å². The van der Waals surface area contributed by atoms with Crippen LogP contribution in [0.5, 0.6) is 0 Å². The van der Waals surface area contributed by atoms with E-state index in [4.69, 9.17) is 0 Å². The fourth-order valence-corrected chi connectivity index (χ4v) is 2.66. The summed E-state index contributed by atoms with van der Waals surface area (Å²) in [6.45, 7) is 0.324. The highest BCUT2D eigenvalue weighted by Gasteiger charge is 2.07. The summed E-state index contributed by atoms with van der Waals surface area (Å²) in [5.74, 6) is 0. The summed E-state index contributed by atoms with van der Waals surface area (Å²) in [5.41, 5.74) is 3.18. The first-order valence-electron chi connectivity index (χ1n) is 5.11. The number of nitrogens with one attached hydrogen (secondary N) is 1. The zero-order valence-corrected chi connectivity index (χ0v) is 11.0. The van der Waals surface area contributed by atoms with Crippen molar-refractivity contribution in [1.29, 1.82) is 0 Å². The molecule has 2 rings (SSSR count). The minimum absolute atomic E-state index is 0.324. The van der Waals surface area contributed by atoms with E-state index >= 15 is 0 Å². The predicted molar refractivity (Wildman–Crippen MR) is 71.4 cm³/mol. The van der Waals surface area contributed by atoms with Gasteiger partial charge in [-0.25, -0.2) is 13.1 Å². The molecule has 0 fully saturated rings. The zero-order valence-electron chi connectivity index (χ0n) is 9.38. The van der Waals surface area contributed by atoms with Crippen molar-refractivity contribution in [2.45, 2.75) is 6.54 Å². The lowest BCUT2D eigenvalue weighted by Crippen LogP contribution is -2.21. The van der Waals surface area contributed by atoms with Gasteiger partial charge >= 0.3 is 0 Å². The van der Waals surface area contributed by atoms with Crippen LogP contribution in [0.2, 0.25) is 0 Å². The Morgan fingerprint density at radius 2 is 2.00 bits per heavy atom. The summed E-state index contributed by atoms with van der Waals surface area (Å²) < 4.78 is 24.7. The standard InChI is InChI=1S/C12H13NO2S2/c1-17(14,15)13-8-10-4-2-3-5-12(10)11-6-7-16-9-11/h2-7,9,13H,8H2,1H3. The zero-order chi connectivity index (χ0) is 12.3. The molecule has 90 valence electrons. The summed E-state index contributed by atoms with van der Waals surface area (Å²) in [4.78, 5) is 0. The van der Waals surface area contributed by atoms with Crippen molar-refractivity contribution in [3.63, 3.8) is 0 Å². The molecule has 0 saturated carbocycles. The molecule has 0 aliphatic heterocycles. The third kappa shape index (κ3) is 3.39. The molecule has 1 heterocycles. The summed E-state index contributed by atoms with van der Waals surface area (Å²) in [7, 11) is -3.16. The molecule has 1 aromatic heterocycles. The van der Waals surface area contributed by atoms with E-state index in [1.54, 1.807) is 11.3 Å². The van der Waals surface area contributed by atoms with Gasteiger partial charge in [0, 0.05) is 6.54 Å². The van der Waals surface area contributed by atoms with Crippen LogP contribution in [0.25, 0.3) is 11.1 Å². The van der Waals surface area contributed by atoms with E-state index in [9.17, 15) is 8.42 Å². The lowest BCUT2D eigenvalue weighted by Gasteiger charge is -2.08. The summed E-state index contributed by atoms with van der Waals surface area (Å²) in [6, 6.07) is 9.84. The predicted octanol–water partition coefficient (Wildman–Crippen LogP) is 2.46. The molecule has 5 heteroatoms. The van der Waals surface area contributed by atoms with Crippen LogP contribution in [-0.2, 0) is 16.6 Å². The summed E-state index contributed by atoms with van der Waals surface area (Å²) in [5, 5.41) is 4.06. The van der Waals surface area contributed by atoms with E-state index in [0.29, 0.717) is 6.54 Å². The van der Waals surface area contributed by atoms with Crippen molar-refractivity contribution in [2.24, 2.45) is 0 Å². The monoisotopic (exact) mass is 267 g/mol. The van der Waals surface area contributed by atoms with Crippen LogP contribution in [0.3, 0.4) is 0 Å². The number of benzene rings is 1. The highest BCUT2D eigenvalue weighted by Crippen LogP contribution is 2.25. The molecule has 17 heavy (non-hydrogen) atoms. The Hall–Kier alpha value is -1.17. The van der Waals surface area contributed by atoms with Crippen molar-refractivity contribution < 1.29 is 8.42 Å². The molecule has 1 aromatic carbocycles. The first-order chi connectivity index (χ1) is 8.06. The van der Waals surface area contributed by atoms with Crippen LogP contribution in [0.1, 0.15) is 5.56 Å². The fraction of sp³-hybridized carbons (Fsp3) is 0.167. The first kappa shape index (κ1) is 12.3. The molecule has 0 bridgehead atoms. The van der Waals surface area contributed by atoms with Crippen molar-refractivity contribution in [2.75, 3.05) is 6.26 Å². The Balaban J connectivity index is 2.29. The van der Waals surface area contributed by atoms with E-state index in [1.807, 2.05) is 35.7 Å². The molecule has 0 atom stereocenters. The van der Waals surface area contributed by atoms with Crippen molar-refractivity contribution in [3.05, 3.63) is 46.7 Å². The maximum absolute atomic E-state index is 11.1. The van der Waals surface area contributed by atoms with Gasteiger partial charge in [-0.05, 0) is 33.5 Å². The van der Waals surface area contributed by atoms with Gasteiger partial charge in [-0.2, -0.15) is 11.3 Å². The Morgan fingerprint density at radius 1 is 1.24 bits per heavy atom. The van der Waals surface area contributed by atoms with Crippen LogP contribution >= 0.6 is 11.3 Å². The van der Waals surface area contributed by atoms with Gasteiger partial charge in [0.15, 0.2) is 0 Å². The molecular formula is C12H13NO2S2. The minimum atomic E-state index is -3.16. The lowest BCUT2D eigenvalue weighted by molar-refractivity contribution is 0.587. The third-order valence-corrected chi connectivity index (χ3v) is 3.73. The quantitative estimate of drug-likeness (QED) is 0.925. The molecule has 2 aromatic rings. The molecule has 1 N–H and O–H groups in total. The highest BCUT2D eigenvalue weighted by molar-refractivity contribution is 7.88. The smallest absolute Gasteiger partial charge is 0.209 e. The summed E-state index contributed by atoms with van der Waals surface area (Å²) in [6.07, 6.45) is 1.17. The van der Waals surface area contributed by atoms with Gasteiger partial charge in [0.2, 0.25) is 10.0 Å². The van der Waals surface area contributed by atoms with Gasteiger partial charge in [-0.3, -0.25) is 0 Å². The first-order valence-corrected chi connectivity index (χ1v) is 7.95. The topological polar surface area (TPSA) is 46.2 Å². The van der Waals surface area contributed by atoms with E-state index in [2.05, 4.69) is 10.1 Å². The molecule has 0 aliphatic rings. The number of sulfonamides is 1. The van der Waals surface area contributed by atoms with Gasteiger partial charge in [0.05, 0.1) is 6.26 Å². The maximum Gasteiger partial charge on any atom is 0.209 e. The minimum Gasteiger partial charge on any atom is -0.213 e. The van der Waals surface area contributed by atoms with Crippen molar-refractivity contribution >= 4 is 21.4 Å². The Bertz CT molecular complexity index is 589. The molecule has 0 radical (unpaired) electrons. The Kier molecular flexibility index (Phi) is 3.61. The summed E-state index contributed by atoms with van der Waals surface area (Å²) >= 11 is 1.63.